The number of aryl methyl sites for hydroxylation is 1. The van der Waals surface area contributed by atoms with E-state index in [-0.39, 0.29) is 5.56 Å². The van der Waals surface area contributed by atoms with Crippen LogP contribution in [0.1, 0.15) is 5.82 Å². The van der Waals surface area contributed by atoms with Gasteiger partial charge in [-0.3, -0.25) is 18.7 Å². The predicted molar refractivity (Wildman–Crippen MR) is 116 cm³/mol. The SMILES string of the molecule is COc1ccc(N2CCN(Cc3nnc4n(C)c(=O)c5ccccc5n34)CC2)cc1. The summed E-state index contributed by atoms with van der Waals surface area (Å²) in [5.41, 5.74) is 2.02. The molecule has 0 saturated carbocycles. The van der Waals surface area contributed by atoms with Crippen LogP contribution in [-0.4, -0.2) is 57.4 Å². The maximum atomic E-state index is 12.6. The zero-order chi connectivity index (χ0) is 20.7. The monoisotopic (exact) mass is 404 g/mol. The average molecular weight is 404 g/mol. The lowest BCUT2D eigenvalue weighted by molar-refractivity contribution is 0.243. The van der Waals surface area contributed by atoms with Gasteiger partial charge >= 0.3 is 0 Å². The highest BCUT2D eigenvalue weighted by atomic mass is 16.5. The van der Waals surface area contributed by atoms with Crippen LogP contribution in [0.15, 0.2) is 53.3 Å². The zero-order valence-corrected chi connectivity index (χ0v) is 17.2. The Morgan fingerprint density at radius 2 is 1.70 bits per heavy atom. The molecule has 0 spiro atoms. The lowest BCUT2D eigenvalue weighted by Gasteiger charge is -2.35. The summed E-state index contributed by atoms with van der Waals surface area (Å²) in [4.78, 5) is 17.4. The molecule has 0 bridgehead atoms. The van der Waals surface area contributed by atoms with Crippen LogP contribution in [0, 0.1) is 0 Å². The Morgan fingerprint density at radius 3 is 2.43 bits per heavy atom. The fourth-order valence-electron chi connectivity index (χ4n) is 4.15. The standard InChI is InChI=1S/C22H24N6O2/c1-25-21(29)18-5-3-4-6-19(18)28-20(23-24-22(25)28)15-26-11-13-27(14-12-26)16-7-9-17(30-2)10-8-16/h3-10H,11-15H2,1-2H3. The second kappa shape index (κ2) is 7.46. The first-order valence-electron chi connectivity index (χ1n) is 10.1. The van der Waals surface area contributed by atoms with Crippen molar-refractivity contribution in [3.8, 4) is 5.75 Å². The van der Waals surface area contributed by atoms with Gasteiger partial charge in [-0.1, -0.05) is 12.1 Å². The van der Waals surface area contributed by atoms with Gasteiger partial charge in [0, 0.05) is 38.9 Å². The van der Waals surface area contributed by atoms with Gasteiger partial charge in [-0.2, -0.15) is 0 Å². The topological polar surface area (TPSA) is 67.9 Å². The van der Waals surface area contributed by atoms with Gasteiger partial charge in [0.25, 0.3) is 5.56 Å². The Kier molecular flexibility index (Phi) is 4.63. The number of piperazine rings is 1. The van der Waals surface area contributed by atoms with E-state index in [1.54, 1.807) is 18.7 Å². The lowest BCUT2D eigenvalue weighted by Crippen LogP contribution is -2.46. The first-order chi connectivity index (χ1) is 14.7. The Balaban J connectivity index is 1.37. The van der Waals surface area contributed by atoms with Crippen molar-refractivity contribution < 1.29 is 4.74 Å². The van der Waals surface area contributed by atoms with Crippen LogP contribution in [0.3, 0.4) is 0 Å². The van der Waals surface area contributed by atoms with Crippen molar-refractivity contribution >= 4 is 22.4 Å². The van der Waals surface area contributed by atoms with E-state index in [0.717, 1.165) is 43.3 Å². The quantitative estimate of drug-likeness (QED) is 0.518. The molecule has 3 heterocycles. The number of hydrogen-bond donors (Lipinski definition) is 0. The van der Waals surface area contributed by atoms with Crippen LogP contribution < -0.4 is 15.2 Å². The molecule has 1 aliphatic rings. The third kappa shape index (κ3) is 3.09. The van der Waals surface area contributed by atoms with Gasteiger partial charge in [0.1, 0.15) is 5.75 Å². The van der Waals surface area contributed by atoms with Gasteiger partial charge in [-0.15, -0.1) is 10.2 Å². The summed E-state index contributed by atoms with van der Waals surface area (Å²) in [6.45, 7) is 4.46. The van der Waals surface area contributed by atoms with E-state index in [2.05, 4.69) is 32.1 Å². The molecule has 1 aliphatic heterocycles. The van der Waals surface area contributed by atoms with E-state index in [9.17, 15) is 4.79 Å². The number of benzene rings is 2. The van der Waals surface area contributed by atoms with Crippen LogP contribution in [0.5, 0.6) is 5.75 Å². The molecule has 1 saturated heterocycles. The molecule has 2 aromatic heterocycles. The molecule has 0 amide bonds. The summed E-state index contributed by atoms with van der Waals surface area (Å²) in [6.07, 6.45) is 0. The van der Waals surface area contributed by atoms with Crippen LogP contribution >= 0.6 is 0 Å². The minimum absolute atomic E-state index is 0.0508. The average Bonchev–Trinajstić information content (AvgIpc) is 3.22. The number of para-hydroxylation sites is 1. The van der Waals surface area contributed by atoms with Crippen molar-refractivity contribution in [2.24, 2.45) is 7.05 Å². The molecular weight excluding hydrogens is 380 g/mol. The van der Waals surface area contributed by atoms with E-state index in [1.807, 2.05) is 40.8 Å². The van der Waals surface area contributed by atoms with Crippen LogP contribution in [-0.2, 0) is 13.6 Å². The Labute approximate surface area is 173 Å². The summed E-state index contributed by atoms with van der Waals surface area (Å²) in [6, 6.07) is 15.8. The third-order valence-corrected chi connectivity index (χ3v) is 5.87. The predicted octanol–water partition coefficient (Wildman–Crippen LogP) is 1.91. The summed E-state index contributed by atoms with van der Waals surface area (Å²) >= 11 is 0. The first-order valence-corrected chi connectivity index (χ1v) is 10.1. The van der Waals surface area contributed by atoms with E-state index < -0.39 is 0 Å². The molecule has 5 rings (SSSR count). The Bertz CT molecular complexity index is 1250. The third-order valence-electron chi connectivity index (χ3n) is 5.87. The van der Waals surface area contributed by atoms with Gasteiger partial charge in [-0.05, 0) is 36.4 Å². The Morgan fingerprint density at radius 1 is 0.967 bits per heavy atom. The fraction of sp³-hybridized carbons (Fsp3) is 0.318. The van der Waals surface area contributed by atoms with Crippen molar-refractivity contribution in [2.75, 3.05) is 38.2 Å². The van der Waals surface area contributed by atoms with E-state index in [4.69, 9.17) is 4.74 Å². The summed E-state index contributed by atoms with van der Waals surface area (Å²) in [7, 11) is 3.43. The molecule has 1 fully saturated rings. The lowest BCUT2D eigenvalue weighted by atomic mass is 10.2. The highest BCUT2D eigenvalue weighted by Gasteiger charge is 2.21. The molecule has 0 unspecified atom stereocenters. The fourth-order valence-corrected chi connectivity index (χ4v) is 4.15. The molecule has 30 heavy (non-hydrogen) atoms. The largest absolute Gasteiger partial charge is 0.497 e. The molecule has 0 aliphatic carbocycles. The number of ether oxygens (including phenoxy) is 1. The summed E-state index contributed by atoms with van der Waals surface area (Å²) in [5, 5.41) is 9.40. The zero-order valence-electron chi connectivity index (χ0n) is 17.2. The smallest absolute Gasteiger partial charge is 0.262 e. The molecule has 8 heteroatoms. The highest BCUT2D eigenvalue weighted by Crippen LogP contribution is 2.21. The van der Waals surface area contributed by atoms with Gasteiger partial charge < -0.3 is 9.64 Å². The van der Waals surface area contributed by atoms with Crippen molar-refractivity contribution in [2.45, 2.75) is 6.54 Å². The van der Waals surface area contributed by atoms with Crippen molar-refractivity contribution in [3.63, 3.8) is 0 Å². The summed E-state index contributed by atoms with van der Waals surface area (Å²) < 4.78 is 8.83. The minimum atomic E-state index is -0.0508. The van der Waals surface area contributed by atoms with E-state index >= 15 is 0 Å². The molecule has 8 nitrogen and oxygen atoms in total. The number of rotatable bonds is 4. The normalized spacial score (nSPS) is 15.2. The molecule has 0 atom stereocenters. The van der Waals surface area contributed by atoms with Gasteiger partial charge in [-0.25, -0.2) is 0 Å². The number of hydrogen-bond acceptors (Lipinski definition) is 6. The van der Waals surface area contributed by atoms with Crippen LogP contribution in [0.4, 0.5) is 5.69 Å². The number of methoxy groups -OCH3 is 1. The minimum Gasteiger partial charge on any atom is -0.497 e. The van der Waals surface area contributed by atoms with Crippen LogP contribution in [0.2, 0.25) is 0 Å². The Hall–Kier alpha value is -3.39. The molecule has 0 N–H and O–H groups in total. The highest BCUT2D eigenvalue weighted by molar-refractivity contribution is 5.80. The summed E-state index contributed by atoms with van der Waals surface area (Å²) in [5.74, 6) is 2.30. The van der Waals surface area contributed by atoms with Crippen molar-refractivity contribution in [1.82, 2.24) is 24.1 Å². The first kappa shape index (κ1) is 18.6. The maximum absolute atomic E-state index is 12.6. The van der Waals surface area contributed by atoms with Gasteiger partial charge in [0.05, 0.1) is 24.6 Å². The van der Waals surface area contributed by atoms with E-state index in [0.29, 0.717) is 17.7 Å². The molecule has 4 aromatic rings. The van der Waals surface area contributed by atoms with Crippen molar-refractivity contribution in [3.05, 3.63) is 64.7 Å². The second-order valence-electron chi connectivity index (χ2n) is 7.59. The molecule has 2 aromatic carbocycles. The number of fused-ring (bicyclic) bond motifs is 3. The number of anilines is 1. The molecule has 0 radical (unpaired) electrons. The van der Waals surface area contributed by atoms with Crippen molar-refractivity contribution in [1.29, 1.82) is 0 Å². The van der Waals surface area contributed by atoms with Gasteiger partial charge in [0.2, 0.25) is 5.78 Å². The van der Waals surface area contributed by atoms with Gasteiger partial charge in [0.15, 0.2) is 5.82 Å². The van der Waals surface area contributed by atoms with Crippen LogP contribution in [0.25, 0.3) is 16.7 Å². The molecular formula is C22H24N6O2. The second-order valence-corrected chi connectivity index (χ2v) is 7.59. The number of nitrogens with zero attached hydrogens (tertiary/aromatic N) is 6. The molecule has 154 valence electrons. The number of aromatic nitrogens is 4. The maximum Gasteiger partial charge on any atom is 0.262 e. The van der Waals surface area contributed by atoms with E-state index in [1.165, 1.54) is 5.69 Å².